The highest BCUT2D eigenvalue weighted by Gasteiger charge is 2.30. The maximum Gasteiger partial charge on any atom is 0.252 e. The van der Waals surface area contributed by atoms with Crippen molar-refractivity contribution in [1.82, 2.24) is 0 Å². The number of rotatable bonds is 3. The molecule has 0 radical (unpaired) electrons. The van der Waals surface area contributed by atoms with Crippen LogP contribution in [-0.4, -0.2) is 18.1 Å². The molecule has 0 saturated carbocycles. The maximum absolute atomic E-state index is 14.0. The summed E-state index contributed by atoms with van der Waals surface area (Å²) in [6.45, 7) is 0. The highest BCUT2D eigenvalue weighted by molar-refractivity contribution is 6.30. The first kappa shape index (κ1) is 15.6. The molecule has 0 heterocycles. The van der Waals surface area contributed by atoms with Gasteiger partial charge in [0.05, 0.1) is 12.7 Å². The predicted octanol–water partition coefficient (Wildman–Crippen LogP) is 3.37. The number of primary amides is 1. The minimum Gasteiger partial charge on any atom is -0.507 e. The average molecular weight is 336 g/mol. The summed E-state index contributed by atoms with van der Waals surface area (Å²) in [5.74, 6) is -1.17. The molecular weight excluding hydrogens is 321 g/mol. The van der Waals surface area contributed by atoms with E-state index in [1.54, 1.807) is 12.1 Å². The number of hydrogen-bond donors (Lipinski definition) is 2. The molecule has 1 aliphatic rings. The van der Waals surface area contributed by atoms with Gasteiger partial charge in [-0.15, -0.1) is 0 Å². The van der Waals surface area contributed by atoms with E-state index < -0.39 is 5.91 Å². The van der Waals surface area contributed by atoms with E-state index in [2.05, 4.69) is 0 Å². The second kappa shape index (κ2) is 5.74. The molecule has 2 aromatic carbocycles. The Hall–Kier alpha value is -2.27. The van der Waals surface area contributed by atoms with Gasteiger partial charge >= 0.3 is 0 Å². The minimum absolute atomic E-state index is 0.0182. The molecule has 0 saturated heterocycles. The van der Waals surface area contributed by atoms with E-state index in [4.69, 9.17) is 22.1 Å². The summed E-state index contributed by atoms with van der Waals surface area (Å²) in [6.07, 6.45) is 1.14. The first-order valence-corrected chi connectivity index (χ1v) is 7.48. The van der Waals surface area contributed by atoms with Crippen molar-refractivity contribution in [2.45, 2.75) is 18.8 Å². The Kier molecular flexibility index (Phi) is 3.90. The number of amides is 1. The van der Waals surface area contributed by atoms with Crippen LogP contribution in [0.25, 0.3) is 0 Å². The fraction of sp³-hybridized carbons (Fsp3) is 0.235. The molecular formula is C17H15ClFNO3. The first-order chi connectivity index (χ1) is 10.9. The zero-order chi connectivity index (χ0) is 16.7. The van der Waals surface area contributed by atoms with Crippen LogP contribution >= 0.6 is 11.6 Å². The molecule has 0 spiro atoms. The SMILES string of the molecule is COc1cc(C(N)=O)c(O)c([C@@H]2CCc3c(F)cc(Cl)cc32)c1. The van der Waals surface area contributed by atoms with Crippen LogP contribution in [0.1, 0.15) is 39.4 Å². The molecule has 0 fully saturated rings. The Morgan fingerprint density at radius 3 is 2.74 bits per heavy atom. The van der Waals surface area contributed by atoms with Gasteiger partial charge in [0.25, 0.3) is 5.91 Å². The molecule has 0 aromatic heterocycles. The van der Waals surface area contributed by atoms with Gasteiger partial charge < -0.3 is 15.6 Å². The van der Waals surface area contributed by atoms with E-state index in [0.717, 1.165) is 0 Å². The molecule has 3 rings (SSSR count). The topological polar surface area (TPSA) is 72.5 Å². The lowest BCUT2D eigenvalue weighted by Crippen LogP contribution is -2.13. The second-order valence-corrected chi connectivity index (χ2v) is 5.96. The molecule has 0 unspecified atom stereocenters. The molecule has 4 nitrogen and oxygen atoms in total. The molecule has 1 aliphatic carbocycles. The second-order valence-electron chi connectivity index (χ2n) is 5.52. The van der Waals surface area contributed by atoms with Crippen molar-refractivity contribution >= 4 is 17.5 Å². The van der Waals surface area contributed by atoms with E-state index >= 15 is 0 Å². The third-order valence-corrected chi connectivity index (χ3v) is 4.46. The molecule has 2 aromatic rings. The molecule has 1 amide bonds. The summed E-state index contributed by atoms with van der Waals surface area (Å²) in [5, 5.41) is 10.7. The summed E-state index contributed by atoms with van der Waals surface area (Å²) < 4.78 is 19.2. The Morgan fingerprint density at radius 2 is 2.09 bits per heavy atom. The predicted molar refractivity (Wildman–Crippen MR) is 84.8 cm³/mol. The Morgan fingerprint density at radius 1 is 1.35 bits per heavy atom. The summed E-state index contributed by atoms with van der Waals surface area (Å²) in [4.78, 5) is 11.5. The third kappa shape index (κ3) is 2.61. The highest BCUT2D eigenvalue weighted by atomic mass is 35.5. The summed E-state index contributed by atoms with van der Waals surface area (Å²) >= 11 is 5.96. The number of ether oxygens (including phenoxy) is 1. The highest BCUT2D eigenvalue weighted by Crippen LogP contribution is 2.45. The number of halogens is 2. The monoisotopic (exact) mass is 335 g/mol. The summed E-state index contributed by atoms with van der Waals surface area (Å²) in [6, 6.07) is 6.00. The number of phenols is 1. The lowest BCUT2D eigenvalue weighted by atomic mass is 9.90. The van der Waals surface area contributed by atoms with Gasteiger partial charge in [-0.25, -0.2) is 4.39 Å². The van der Waals surface area contributed by atoms with E-state index in [1.807, 2.05) is 0 Å². The molecule has 3 N–H and O–H groups in total. The third-order valence-electron chi connectivity index (χ3n) is 4.24. The van der Waals surface area contributed by atoms with Crippen LogP contribution < -0.4 is 10.5 Å². The standard InChI is InChI=1S/C17H15ClFNO3/c1-23-9-6-13(16(21)14(7-9)17(20)22)10-2-3-11-12(10)4-8(18)5-15(11)19/h4-7,10,21H,2-3H2,1H3,(H2,20,22)/t10-/m1/s1. The van der Waals surface area contributed by atoms with Crippen molar-refractivity contribution in [2.75, 3.05) is 7.11 Å². The lowest BCUT2D eigenvalue weighted by Gasteiger charge is -2.17. The molecule has 120 valence electrons. The molecule has 0 aliphatic heterocycles. The van der Waals surface area contributed by atoms with Gasteiger partial charge in [-0.1, -0.05) is 11.6 Å². The normalized spacial score (nSPS) is 16.2. The number of aromatic hydroxyl groups is 1. The minimum atomic E-state index is -0.752. The average Bonchev–Trinajstić information content (AvgIpc) is 2.91. The van der Waals surface area contributed by atoms with Crippen LogP contribution in [0.4, 0.5) is 4.39 Å². The van der Waals surface area contributed by atoms with Gasteiger partial charge in [0.2, 0.25) is 0 Å². The zero-order valence-corrected chi connectivity index (χ0v) is 13.2. The van der Waals surface area contributed by atoms with Crippen LogP contribution in [0.2, 0.25) is 5.02 Å². The zero-order valence-electron chi connectivity index (χ0n) is 12.4. The van der Waals surface area contributed by atoms with Crippen LogP contribution in [-0.2, 0) is 6.42 Å². The van der Waals surface area contributed by atoms with Crippen molar-refractivity contribution in [1.29, 1.82) is 0 Å². The largest absolute Gasteiger partial charge is 0.507 e. The van der Waals surface area contributed by atoms with Crippen molar-refractivity contribution in [3.8, 4) is 11.5 Å². The summed E-state index contributed by atoms with van der Waals surface area (Å²) in [7, 11) is 1.46. The first-order valence-electron chi connectivity index (χ1n) is 7.11. The van der Waals surface area contributed by atoms with Gasteiger partial charge in [-0.2, -0.15) is 0 Å². The van der Waals surface area contributed by atoms with Gasteiger partial charge in [0.1, 0.15) is 17.3 Å². The maximum atomic E-state index is 14.0. The fourth-order valence-corrected chi connectivity index (χ4v) is 3.38. The number of carbonyl (C=O) groups excluding carboxylic acids is 1. The van der Waals surface area contributed by atoms with Crippen LogP contribution in [0.15, 0.2) is 24.3 Å². The Labute approximate surface area is 137 Å². The Balaban J connectivity index is 2.19. The number of benzene rings is 2. The van der Waals surface area contributed by atoms with E-state index in [1.165, 1.54) is 19.2 Å². The van der Waals surface area contributed by atoms with Crippen molar-refractivity contribution in [3.05, 3.63) is 57.4 Å². The summed E-state index contributed by atoms with van der Waals surface area (Å²) in [5.41, 5.74) is 7.08. The Bertz CT molecular complexity index is 807. The van der Waals surface area contributed by atoms with Gasteiger partial charge in [0, 0.05) is 16.5 Å². The van der Waals surface area contributed by atoms with E-state index in [9.17, 15) is 14.3 Å². The molecule has 6 heteroatoms. The molecule has 23 heavy (non-hydrogen) atoms. The molecule has 0 bridgehead atoms. The number of fused-ring (bicyclic) bond motifs is 1. The van der Waals surface area contributed by atoms with Gasteiger partial charge in [-0.3, -0.25) is 4.79 Å². The van der Waals surface area contributed by atoms with E-state index in [-0.39, 0.29) is 23.0 Å². The van der Waals surface area contributed by atoms with E-state index in [0.29, 0.717) is 40.3 Å². The number of nitrogens with two attached hydrogens (primary N) is 1. The fourth-order valence-electron chi connectivity index (χ4n) is 3.17. The molecule has 1 atom stereocenters. The van der Waals surface area contributed by atoms with Crippen molar-refractivity contribution in [2.24, 2.45) is 5.73 Å². The quantitative estimate of drug-likeness (QED) is 0.903. The number of methoxy groups -OCH3 is 1. The number of hydrogen-bond acceptors (Lipinski definition) is 3. The van der Waals surface area contributed by atoms with Crippen molar-refractivity contribution < 1.29 is 19.0 Å². The van der Waals surface area contributed by atoms with Crippen LogP contribution in [0.3, 0.4) is 0 Å². The van der Waals surface area contributed by atoms with Crippen LogP contribution in [0, 0.1) is 5.82 Å². The van der Waals surface area contributed by atoms with Gasteiger partial charge in [0.15, 0.2) is 0 Å². The lowest BCUT2D eigenvalue weighted by molar-refractivity contribution is 0.0997. The smallest absolute Gasteiger partial charge is 0.252 e. The van der Waals surface area contributed by atoms with Gasteiger partial charge in [-0.05, 0) is 48.2 Å². The van der Waals surface area contributed by atoms with Crippen molar-refractivity contribution in [3.63, 3.8) is 0 Å². The van der Waals surface area contributed by atoms with Crippen LogP contribution in [0.5, 0.6) is 11.5 Å². The number of carbonyl (C=O) groups is 1.